The van der Waals surface area contributed by atoms with E-state index in [2.05, 4.69) is 15.4 Å². The highest BCUT2D eigenvalue weighted by Gasteiger charge is 2.25. The molecule has 0 radical (unpaired) electrons. The summed E-state index contributed by atoms with van der Waals surface area (Å²) in [5.41, 5.74) is 1.49. The lowest BCUT2D eigenvalue weighted by atomic mass is 9.97. The molecule has 1 aromatic carbocycles. The molecule has 0 spiro atoms. The molecule has 0 fully saturated rings. The van der Waals surface area contributed by atoms with E-state index < -0.39 is 0 Å². The molecule has 26 heavy (non-hydrogen) atoms. The van der Waals surface area contributed by atoms with Gasteiger partial charge in [-0.05, 0) is 39.2 Å². The van der Waals surface area contributed by atoms with Crippen LogP contribution in [0.5, 0.6) is 0 Å². The van der Waals surface area contributed by atoms with Gasteiger partial charge in [-0.2, -0.15) is 5.10 Å². The molecule has 6 nitrogen and oxygen atoms in total. The molecule has 1 unspecified atom stereocenters. The molecule has 1 aliphatic rings. The Morgan fingerprint density at radius 3 is 2.88 bits per heavy atom. The van der Waals surface area contributed by atoms with Crippen LogP contribution in [-0.4, -0.2) is 20.7 Å². The molecule has 0 bridgehead atoms. The van der Waals surface area contributed by atoms with Crippen molar-refractivity contribution in [3.8, 4) is 0 Å². The monoisotopic (exact) mass is 368 g/mol. The van der Waals surface area contributed by atoms with Crippen molar-refractivity contribution in [3.05, 3.63) is 55.9 Å². The zero-order valence-electron chi connectivity index (χ0n) is 14.8. The van der Waals surface area contributed by atoms with E-state index >= 15 is 0 Å². The number of rotatable bonds is 3. The van der Waals surface area contributed by atoms with Crippen LogP contribution in [0.15, 0.2) is 29.1 Å². The zero-order chi connectivity index (χ0) is 18.3. The van der Waals surface area contributed by atoms with Crippen LogP contribution in [0.25, 0.3) is 10.8 Å². The maximum Gasteiger partial charge on any atom is 0.275 e. The number of carbonyl (C=O) groups excluding carboxylic acids is 1. The topological polar surface area (TPSA) is 76.9 Å². The molecule has 3 aromatic rings. The summed E-state index contributed by atoms with van der Waals surface area (Å²) in [6, 6.07) is 7.27. The summed E-state index contributed by atoms with van der Waals surface area (Å²) in [5, 5.41) is 9.79. The molecule has 1 atom stereocenters. The molecule has 7 heteroatoms. The smallest absolute Gasteiger partial charge is 0.275 e. The standard InChI is InChI=1S/C19H20N4O2S/c1-11-13-6-3-4-7-14(13)19(25)23(22-11)10-17(24)21-15-8-5-9-16-18(15)20-12(2)26-16/h3-4,6-7,15H,5,8-10H2,1-2H3,(H,21,24). The second kappa shape index (κ2) is 6.64. The van der Waals surface area contributed by atoms with E-state index in [4.69, 9.17) is 0 Å². The number of amides is 1. The Bertz CT molecular complexity index is 1050. The summed E-state index contributed by atoms with van der Waals surface area (Å²) in [6.07, 6.45) is 2.94. The second-order valence-corrected chi connectivity index (χ2v) is 7.94. The minimum atomic E-state index is -0.241. The third kappa shape index (κ3) is 3.03. The van der Waals surface area contributed by atoms with Crippen molar-refractivity contribution in [3.63, 3.8) is 0 Å². The number of nitrogens with zero attached hydrogens (tertiary/aromatic N) is 3. The number of thiazole rings is 1. The fourth-order valence-electron chi connectivity index (χ4n) is 3.57. The lowest BCUT2D eigenvalue weighted by molar-refractivity contribution is -0.122. The van der Waals surface area contributed by atoms with E-state index in [0.717, 1.165) is 41.0 Å². The van der Waals surface area contributed by atoms with Crippen molar-refractivity contribution in [1.82, 2.24) is 20.1 Å². The van der Waals surface area contributed by atoms with Crippen LogP contribution >= 0.6 is 11.3 Å². The lowest BCUT2D eigenvalue weighted by Gasteiger charge is -2.22. The van der Waals surface area contributed by atoms with Crippen LogP contribution in [0.1, 0.15) is 40.2 Å². The van der Waals surface area contributed by atoms with E-state index in [9.17, 15) is 9.59 Å². The van der Waals surface area contributed by atoms with Crippen LogP contribution in [0.3, 0.4) is 0 Å². The second-order valence-electron chi connectivity index (χ2n) is 6.65. The molecule has 1 aliphatic carbocycles. The Hall–Kier alpha value is -2.54. The van der Waals surface area contributed by atoms with Crippen molar-refractivity contribution >= 4 is 28.0 Å². The van der Waals surface area contributed by atoms with Crippen molar-refractivity contribution < 1.29 is 4.79 Å². The summed E-state index contributed by atoms with van der Waals surface area (Å²) in [7, 11) is 0. The van der Waals surface area contributed by atoms with Gasteiger partial charge in [0.05, 0.1) is 27.8 Å². The van der Waals surface area contributed by atoms with E-state index in [1.54, 1.807) is 17.4 Å². The van der Waals surface area contributed by atoms with Gasteiger partial charge in [-0.25, -0.2) is 9.67 Å². The third-order valence-corrected chi connectivity index (χ3v) is 5.79. The molecule has 1 amide bonds. The first kappa shape index (κ1) is 16.9. The molecule has 0 aliphatic heterocycles. The largest absolute Gasteiger partial charge is 0.346 e. The first-order valence-electron chi connectivity index (χ1n) is 8.75. The van der Waals surface area contributed by atoms with Crippen molar-refractivity contribution in [2.75, 3.05) is 0 Å². The van der Waals surface area contributed by atoms with Gasteiger partial charge in [-0.3, -0.25) is 9.59 Å². The number of nitrogens with one attached hydrogen (secondary N) is 1. The van der Waals surface area contributed by atoms with Crippen molar-refractivity contribution in [1.29, 1.82) is 0 Å². The quantitative estimate of drug-likeness (QED) is 0.771. The minimum Gasteiger partial charge on any atom is -0.346 e. The number of carbonyl (C=O) groups is 1. The fraction of sp³-hybridized carbons (Fsp3) is 0.368. The average Bonchev–Trinajstić information content (AvgIpc) is 3.01. The number of aromatic nitrogens is 3. The van der Waals surface area contributed by atoms with Gasteiger partial charge in [0.1, 0.15) is 6.54 Å². The van der Waals surface area contributed by atoms with Crippen LogP contribution in [-0.2, 0) is 17.8 Å². The predicted molar refractivity (Wildman–Crippen MR) is 101 cm³/mol. The zero-order valence-corrected chi connectivity index (χ0v) is 15.6. The Labute approximate surface area is 154 Å². The summed E-state index contributed by atoms with van der Waals surface area (Å²) in [4.78, 5) is 31.0. The number of fused-ring (bicyclic) bond motifs is 2. The molecular formula is C19H20N4O2S. The molecule has 2 aromatic heterocycles. The van der Waals surface area contributed by atoms with Crippen LogP contribution < -0.4 is 10.9 Å². The van der Waals surface area contributed by atoms with Crippen LogP contribution in [0.4, 0.5) is 0 Å². The van der Waals surface area contributed by atoms with Gasteiger partial charge in [-0.1, -0.05) is 18.2 Å². The van der Waals surface area contributed by atoms with Crippen molar-refractivity contribution in [2.45, 2.75) is 45.7 Å². The van der Waals surface area contributed by atoms with Gasteiger partial charge in [0.15, 0.2) is 0 Å². The third-order valence-electron chi connectivity index (χ3n) is 4.74. The Balaban J connectivity index is 1.57. The highest BCUT2D eigenvalue weighted by molar-refractivity contribution is 7.11. The average molecular weight is 368 g/mol. The minimum absolute atomic E-state index is 0.0755. The Kier molecular flexibility index (Phi) is 4.32. The summed E-state index contributed by atoms with van der Waals surface area (Å²) < 4.78 is 1.25. The Morgan fingerprint density at radius 2 is 2.08 bits per heavy atom. The Morgan fingerprint density at radius 1 is 1.31 bits per heavy atom. The lowest BCUT2D eigenvalue weighted by Crippen LogP contribution is -2.37. The number of aryl methyl sites for hydroxylation is 3. The SMILES string of the molecule is Cc1nc2c(s1)CCCC2NC(=O)Cn1nc(C)c2ccccc2c1=O. The van der Waals surface area contributed by atoms with E-state index in [1.807, 2.05) is 32.0 Å². The van der Waals surface area contributed by atoms with Gasteiger partial charge >= 0.3 is 0 Å². The fourth-order valence-corrected chi connectivity index (χ4v) is 4.61. The number of benzene rings is 1. The molecule has 4 rings (SSSR count). The molecule has 0 saturated heterocycles. The van der Waals surface area contributed by atoms with E-state index in [-0.39, 0.29) is 24.1 Å². The first-order valence-corrected chi connectivity index (χ1v) is 9.56. The first-order chi connectivity index (χ1) is 12.5. The maximum atomic E-state index is 12.6. The maximum absolute atomic E-state index is 12.6. The van der Waals surface area contributed by atoms with E-state index in [1.165, 1.54) is 9.56 Å². The molecular weight excluding hydrogens is 348 g/mol. The number of hydrogen-bond donors (Lipinski definition) is 1. The van der Waals surface area contributed by atoms with Crippen molar-refractivity contribution in [2.24, 2.45) is 0 Å². The number of hydrogen-bond acceptors (Lipinski definition) is 5. The summed E-state index contributed by atoms with van der Waals surface area (Å²) in [5.74, 6) is -0.210. The van der Waals surface area contributed by atoms with Gasteiger partial charge in [0.2, 0.25) is 5.91 Å². The van der Waals surface area contributed by atoms with Gasteiger partial charge in [-0.15, -0.1) is 11.3 Å². The molecule has 1 N–H and O–H groups in total. The van der Waals surface area contributed by atoms with Gasteiger partial charge in [0.25, 0.3) is 5.56 Å². The van der Waals surface area contributed by atoms with Gasteiger partial charge in [0, 0.05) is 10.3 Å². The highest BCUT2D eigenvalue weighted by Crippen LogP contribution is 2.32. The molecule has 0 saturated carbocycles. The normalized spacial score (nSPS) is 16.5. The summed E-state index contributed by atoms with van der Waals surface area (Å²) in [6.45, 7) is 3.75. The van der Waals surface area contributed by atoms with E-state index in [0.29, 0.717) is 5.39 Å². The molecule has 2 heterocycles. The predicted octanol–water partition coefficient (Wildman–Crippen LogP) is 2.66. The summed E-state index contributed by atoms with van der Waals surface area (Å²) >= 11 is 1.70. The van der Waals surface area contributed by atoms with Crippen LogP contribution in [0.2, 0.25) is 0 Å². The molecule has 134 valence electrons. The highest BCUT2D eigenvalue weighted by atomic mass is 32.1. The van der Waals surface area contributed by atoms with Crippen LogP contribution in [0, 0.1) is 13.8 Å². The van der Waals surface area contributed by atoms with Gasteiger partial charge < -0.3 is 5.32 Å².